The second-order valence-corrected chi connectivity index (χ2v) is 10.3. The van der Waals surface area contributed by atoms with Crippen LogP contribution in [0.4, 0.5) is 0 Å². The van der Waals surface area contributed by atoms with Crippen LogP contribution < -0.4 is 0 Å². The first-order valence-corrected chi connectivity index (χ1v) is 11.4. The Labute approximate surface area is 190 Å². The van der Waals surface area contributed by atoms with Crippen molar-refractivity contribution < 1.29 is 13.5 Å². The molecule has 0 bridgehead atoms. The Balaban J connectivity index is 2.01. The molecule has 2 aromatic carbocycles. The molecule has 31 heavy (non-hydrogen) atoms. The number of hydrogen-bond donors (Lipinski definition) is 0. The van der Waals surface area contributed by atoms with Gasteiger partial charge in [-0.25, -0.2) is 4.21 Å². The van der Waals surface area contributed by atoms with Crippen molar-refractivity contribution in [2.24, 2.45) is 9.81 Å². The number of nitrogens with zero attached hydrogens (tertiary/aromatic N) is 2. The number of carbonyl (C=O) groups excluding carboxylic acids is 1. The van der Waals surface area contributed by atoms with E-state index in [1.807, 2.05) is 45.9 Å². The molecule has 0 saturated heterocycles. The maximum absolute atomic E-state index is 13.2. The molecule has 0 aliphatic heterocycles. The third kappa shape index (κ3) is 5.20. The van der Waals surface area contributed by atoms with Crippen LogP contribution in [0.25, 0.3) is 11.1 Å². The summed E-state index contributed by atoms with van der Waals surface area (Å²) >= 11 is 5.96. The van der Waals surface area contributed by atoms with Crippen LogP contribution in [0.3, 0.4) is 0 Å². The van der Waals surface area contributed by atoms with Crippen LogP contribution in [0.15, 0.2) is 57.5 Å². The fraction of sp³-hybridized carbons (Fsp3) is 0.292. The van der Waals surface area contributed by atoms with E-state index in [1.165, 1.54) is 6.21 Å². The molecule has 0 aliphatic carbocycles. The molecule has 0 fully saturated rings. The molecule has 5 nitrogen and oxygen atoms in total. The van der Waals surface area contributed by atoms with Crippen molar-refractivity contribution in [1.82, 2.24) is 5.16 Å². The van der Waals surface area contributed by atoms with Crippen molar-refractivity contribution in [2.45, 2.75) is 39.9 Å². The first-order chi connectivity index (χ1) is 14.6. The first-order valence-electron chi connectivity index (χ1n) is 9.90. The van der Waals surface area contributed by atoms with Gasteiger partial charge in [0.2, 0.25) is 0 Å². The molecule has 0 radical (unpaired) electrons. The average Bonchev–Trinajstić information content (AvgIpc) is 3.11. The van der Waals surface area contributed by atoms with Crippen molar-refractivity contribution in [3.8, 4) is 11.1 Å². The minimum absolute atomic E-state index is 0.138. The van der Waals surface area contributed by atoms with Crippen molar-refractivity contribution in [1.29, 1.82) is 0 Å². The van der Waals surface area contributed by atoms with Gasteiger partial charge in [0.1, 0.15) is 11.0 Å². The quantitative estimate of drug-likeness (QED) is 0.334. The van der Waals surface area contributed by atoms with Gasteiger partial charge in [0.05, 0.1) is 22.7 Å². The van der Waals surface area contributed by atoms with Gasteiger partial charge in [-0.3, -0.25) is 4.79 Å². The summed E-state index contributed by atoms with van der Waals surface area (Å²) in [6, 6.07) is 14.0. The maximum Gasteiger partial charge on any atom is 0.193 e. The van der Waals surface area contributed by atoms with Gasteiger partial charge in [-0.1, -0.05) is 61.8 Å². The first kappa shape index (κ1) is 23.1. The molecule has 0 saturated carbocycles. The zero-order chi connectivity index (χ0) is 22.8. The zero-order valence-corrected chi connectivity index (χ0v) is 19.8. The zero-order valence-electron chi connectivity index (χ0n) is 18.2. The monoisotopic (exact) mass is 456 g/mol. The predicted molar refractivity (Wildman–Crippen MR) is 126 cm³/mol. The minimum atomic E-state index is -1.43. The molecule has 2 atom stereocenters. The van der Waals surface area contributed by atoms with Crippen LogP contribution in [0.5, 0.6) is 0 Å². The molecular weight excluding hydrogens is 432 g/mol. The Hall–Kier alpha value is -2.57. The summed E-state index contributed by atoms with van der Waals surface area (Å²) in [7, 11) is -1.43. The second kappa shape index (κ2) is 9.28. The highest BCUT2D eigenvalue weighted by molar-refractivity contribution is 7.84. The van der Waals surface area contributed by atoms with E-state index in [0.717, 1.165) is 0 Å². The highest BCUT2D eigenvalue weighted by Crippen LogP contribution is 2.31. The SMILES string of the molecule is Cc1noc(C=NS(=O)C(C)C(C)(C)C)c1-c1ccccc1C(=O)c1ccc(Cl)cc1. The number of ketones is 1. The molecule has 0 aliphatic rings. The standard InChI is InChI=1S/C24H25ClN2O3S/c1-15-22(21(30-27-15)14-26-31(29)16(2)24(3,4)5)19-8-6-7-9-20(19)23(28)17-10-12-18(25)13-11-17/h6-14,16H,1-5H3. The Morgan fingerprint density at radius 1 is 1.16 bits per heavy atom. The molecule has 0 spiro atoms. The number of aromatic nitrogens is 1. The lowest BCUT2D eigenvalue weighted by atomic mass is 9.93. The van der Waals surface area contributed by atoms with Gasteiger partial charge < -0.3 is 4.52 Å². The molecule has 3 rings (SSSR count). The van der Waals surface area contributed by atoms with Crippen molar-refractivity contribution in [3.05, 3.63) is 76.1 Å². The smallest absolute Gasteiger partial charge is 0.193 e. The van der Waals surface area contributed by atoms with E-state index in [0.29, 0.717) is 38.7 Å². The lowest BCUT2D eigenvalue weighted by molar-refractivity contribution is 0.103. The summed E-state index contributed by atoms with van der Waals surface area (Å²) < 4.78 is 22.3. The van der Waals surface area contributed by atoms with E-state index in [2.05, 4.69) is 9.55 Å². The molecule has 3 aromatic rings. The molecule has 0 N–H and O–H groups in total. The number of aryl methyl sites for hydroxylation is 1. The number of carbonyl (C=O) groups is 1. The van der Waals surface area contributed by atoms with Gasteiger partial charge in [0.25, 0.3) is 0 Å². The summed E-state index contributed by atoms with van der Waals surface area (Å²) in [6.45, 7) is 9.77. The van der Waals surface area contributed by atoms with Crippen molar-refractivity contribution in [2.75, 3.05) is 0 Å². The number of benzene rings is 2. The lowest BCUT2D eigenvalue weighted by Crippen LogP contribution is -2.26. The van der Waals surface area contributed by atoms with Gasteiger partial charge in [-0.15, -0.1) is 0 Å². The van der Waals surface area contributed by atoms with Crippen LogP contribution in [0, 0.1) is 12.3 Å². The number of halogens is 1. The normalized spacial score (nSPS) is 14.0. The van der Waals surface area contributed by atoms with Crippen LogP contribution in [-0.4, -0.2) is 26.6 Å². The average molecular weight is 457 g/mol. The van der Waals surface area contributed by atoms with Gasteiger partial charge >= 0.3 is 0 Å². The van der Waals surface area contributed by atoms with E-state index in [9.17, 15) is 9.00 Å². The molecule has 7 heteroatoms. The topological polar surface area (TPSA) is 72.5 Å². The molecule has 1 aromatic heterocycles. The Bertz CT molecular complexity index is 1140. The molecule has 1 heterocycles. The van der Waals surface area contributed by atoms with Gasteiger partial charge in [-0.2, -0.15) is 4.40 Å². The molecule has 2 unspecified atom stereocenters. The van der Waals surface area contributed by atoms with E-state index < -0.39 is 11.0 Å². The van der Waals surface area contributed by atoms with Gasteiger partial charge in [-0.05, 0) is 49.1 Å². The predicted octanol–water partition coefficient (Wildman–Crippen LogP) is 6.05. The van der Waals surface area contributed by atoms with Crippen LogP contribution in [0.1, 0.15) is 55.1 Å². The highest BCUT2D eigenvalue weighted by atomic mass is 35.5. The maximum atomic E-state index is 13.2. The number of rotatable bonds is 6. The third-order valence-corrected chi connectivity index (χ3v) is 7.11. The van der Waals surface area contributed by atoms with Crippen LogP contribution >= 0.6 is 11.6 Å². The Morgan fingerprint density at radius 2 is 1.81 bits per heavy atom. The van der Waals surface area contributed by atoms with Crippen LogP contribution in [0.2, 0.25) is 5.02 Å². The van der Waals surface area contributed by atoms with Gasteiger partial charge in [0.15, 0.2) is 11.5 Å². The van der Waals surface area contributed by atoms with E-state index in [4.69, 9.17) is 16.1 Å². The minimum Gasteiger partial charge on any atom is -0.354 e. The van der Waals surface area contributed by atoms with E-state index in [-0.39, 0.29) is 16.4 Å². The Kier molecular flexibility index (Phi) is 6.92. The summed E-state index contributed by atoms with van der Waals surface area (Å²) in [5.41, 5.74) is 2.84. The molecule has 0 amide bonds. The molecule has 162 valence electrons. The number of hydrogen-bond acceptors (Lipinski definition) is 4. The summed E-state index contributed by atoms with van der Waals surface area (Å²) in [4.78, 5) is 13.2. The van der Waals surface area contributed by atoms with E-state index in [1.54, 1.807) is 37.3 Å². The van der Waals surface area contributed by atoms with Crippen molar-refractivity contribution in [3.63, 3.8) is 0 Å². The highest BCUT2D eigenvalue weighted by Gasteiger charge is 2.26. The van der Waals surface area contributed by atoms with Crippen LogP contribution in [-0.2, 0) is 11.0 Å². The van der Waals surface area contributed by atoms with E-state index >= 15 is 0 Å². The fourth-order valence-electron chi connectivity index (χ4n) is 2.95. The lowest BCUT2D eigenvalue weighted by Gasteiger charge is -2.24. The second-order valence-electron chi connectivity index (χ2n) is 8.41. The summed E-state index contributed by atoms with van der Waals surface area (Å²) in [5, 5.41) is 4.48. The fourth-order valence-corrected chi connectivity index (χ4v) is 4.07. The molecular formula is C24H25ClN2O3S. The Morgan fingerprint density at radius 3 is 2.45 bits per heavy atom. The van der Waals surface area contributed by atoms with Crippen molar-refractivity contribution >= 4 is 34.6 Å². The van der Waals surface area contributed by atoms with Gasteiger partial charge in [0, 0.05) is 16.1 Å². The largest absolute Gasteiger partial charge is 0.354 e. The summed E-state index contributed by atoms with van der Waals surface area (Å²) in [5.74, 6) is 0.226. The third-order valence-electron chi connectivity index (χ3n) is 5.23. The summed E-state index contributed by atoms with van der Waals surface area (Å²) in [6.07, 6.45) is 1.44.